The monoisotopic (exact) mass is 340 g/mol. The minimum atomic E-state index is -0.333. The lowest BCUT2D eigenvalue weighted by atomic mass is 10.2. The number of carbonyl (C=O) groups is 1. The third kappa shape index (κ3) is 3.39. The van der Waals surface area contributed by atoms with Crippen LogP contribution in [0.3, 0.4) is 0 Å². The van der Waals surface area contributed by atoms with E-state index in [1.165, 1.54) is 18.2 Å². The molecule has 0 aliphatic rings. The zero-order chi connectivity index (χ0) is 14.0. The van der Waals surface area contributed by atoms with Gasteiger partial charge < -0.3 is 16.2 Å². The van der Waals surface area contributed by atoms with Gasteiger partial charge in [-0.15, -0.1) is 0 Å². The summed E-state index contributed by atoms with van der Waals surface area (Å²) in [4.78, 5) is 12.0. The van der Waals surface area contributed by atoms with Crippen molar-refractivity contribution in [3.63, 3.8) is 0 Å². The molecule has 98 valence electrons. The van der Waals surface area contributed by atoms with E-state index in [0.29, 0.717) is 20.7 Å². The van der Waals surface area contributed by atoms with Crippen LogP contribution in [0, 0.1) is 0 Å². The third-order valence-electron chi connectivity index (χ3n) is 2.41. The summed E-state index contributed by atoms with van der Waals surface area (Å²) in [6.45, 7) is 0. The molecule has 0 aromatic heterocycles. The maximum Gasteiger partial charge on any atom is 0.255 e. The topological polar surface area (TPSA) is 75.3 Å². The number of nitrogen functional groups attached to an aromatic ring is 1. The maximum absolute atomic E-state index is 12.0. The Labute approximate surface area is 123 Å². The van der Waals surface area contributed by atoms with Crippen LogP contribution in [0.5, 0.6) is 5.75 Å². The highest BCUT2D eigenvalue weighted by Crippen LogP contribution is 2.25. The fourth-order valence-electron chi connectivity index (χ4n) is 1.54. The van der Waals surface area contributed by atoms with Gasteiger partial charge in [-0.3, -0.25) is 4.79 Å². The molecule has 0 heterocycles. The summed E-state index contributed by atoms with van der Waals surface area (Å²) in [5, 5.41) is 12.4. The van der Waals surface area contributed by atoms with Gasteiger partial charge in [-0.2, -0.15) is 0 Å². The molecule has 1 amide bonds. The molecular weight excluding hydrogens is 332 g/mol. The number of anilines is 2. The van der Waals surface area contributed by atoms with E-state index in [2.05, 4.69) is 21.2 Å². The van der Waals surface area contributed by atoms with Crippen molar-refractivity contribution in [3.8, 4) is 5.75 Å². The Hall–Kier alpha value is -1.72. The lowest BCUT2D eigenvalue weighted by molar-refractivity contribution is 0.102. The first kappa shape index (κ1) is 13.7. The highest BCUT2D eigenvalue weighted by Gasteiger charge is 2.10. The van der Waals surface area contributed by atoms with Crippen molar-refractivity contribution in [1.29, 1.82) is 0 Å². The van der Waals surface area contributed by atoms with E-state index in [1.807, 2.05) is 0 Å². The standard InChI is InChI=1S/C13H10BrClN2O2/c14-8-3-7(4-9(15)5-8)13(19)17-12-2-1-10(18)6-11(12)16/h1-6,18H,16H2,(H,17,19). The molecule has 19 heavy (non-hydrogen) atoms. The van der Waals surface area contributed by atoms with E-state index in [-0.39, 0.29) is 17.3 Å². The number of amides is 1. The van der Waals surface area contributed by atoms with E-state index >= 15 is 0 Å². The minimum Gasteiger partial charge on any atom is -0.508 e. The summed E-state index contributed by atoms with van der Waals surface area (Å²) < 4.78 is 0.712. The summed E-state index contributed by atoms with van der Waals surface area (Å²) in [5.41, 5.74) is 6.82. The molecule has 4 N–H and O–H groups in total. The number of aromatic hydroxyl groups is 1. The third-order valence-corrected chi connectivity index (χ3v) is 3.08. The number of halogens is 2. The summed E-state index contributed by atoms with van der Waals surface area (Å²) in [6, 6.07) is 9.23. The smallest absolute Gasteiger partial charge is 0.255 e. The Morgan fingerprint density at radius 3 is 2.63 bits per heavy atom. The zero-order valence-electron chi connectivity index (χ0n) is 9.65. The van der Waals surface area contributed by atoms with Crippen LogP contribution in [0.25, 0.3) is 0 Å². The first-order valence-corrected chi connectivity index (χ1v) is 6.49. The Morgan fingerprint density at radius 1 is 1.26 bits per heavy atom. The minimum absolute atomic E-state index is 0.0426. The molecule has 0 radical (unpaired) electrons. The molecule has 2 aromatic rings. The van der Waals surface area contributed by atoms with Gasteiger partial charge in [0.05, 0.1) is 11.4 Å². The van der Waals surface area contributed by atoms with E-state index < -0.39 is 0 Å². The molecule has 0 aliphatic carbocycles. The van der Waals surface area contributed by atoms with Crippen LogP contribution in [0.4, 0.5) is 11.4 Å². The number of nitrogens with two attached hydrogens (primary N) is 1. The van der Waals surface area contributed by atoms with Gasteiger partial charge >= 0.3 is 0 Å². The number of hydrogen-bond donors (Lipinski definition) is 3. The quantitative estimate of drug-likeness (QED) is 0.576. The lowest BCUT2D eigenvalue weighted by Crippen LogP contribution is -2.13. The lowest BCUT2D eigenvalue weighted by Gasteiger charge is -2.09. The van der Waals surface area contributed by atoms with Crippen LogP contribution in [0.2, 0.25) is 5.02 Å². The Morgan fingerprint density at radius 2 is 2.00 bits per heavy atom. The van der Waals surface area contributed by atoms with Crippen molar-refractivity contribution in [2.75, 3.05) is 11.1 Å². The molecule has 2 rings (SSSR count). The summed E-state index contributed by atoms with van der Waals surface area (Å²) in [5.74, 6) is -0.290. The van der Waals surface area contributed by atoms with Crippen molar-refractivity contribution in [3.05, 3.63) is 51.5 Å². The molecule has 0 fully saturated rings. The largest absolute Gasteiger partial charge is 0.508 e. The van der Waals surface area contributed by atoms with Gasteiger partial charge in [-0.05, 0) is 30.3 Å². The summed E-state index contributed by atoms with van der Waals surface area (Å²) in [7, 11) is 0. The number of carbonyl (C=O) groups excluding carboxylic acids is 1. The van der Waals surface area contributed by atoms with E-state index in [4.69, 9.17) is 17.3 Å². The van der Waals surface area contributed by atoms with E-state index in [9.17, 15) is 9.90 Å². The fraction of sp³-hybridized carbons (Fsp3) is 0. The van der Waals surface area contributed by atoms with Crippen molar-refractivity contribution < 1.29 is 9.90 Å². The van der Waals surface area contributed by atoms with Gasteiger partial charge in [0.2, 0.25) is 0 Å². The van der Waals surface area contributed by atoms with Crippen LogP contribution >= 0.6 is 27.5 Å². The number of hydrogen-bond acceptors (Lipinski definition) is 3. The van der Waals surface area contributed by atoms with Crippen molar-refractivity contribution in [2.45, 2.75) is 0 Å². The molecule has 0 saturated carbocycles. The highest BCUT2D eigenvalue weighted by molar-refractivity contribution is 9.10. The van der Waals surface area contributed by atoms with Crippen LogP contribution in [-0.4, -0.2) is 11.0 Å². The van der Waals surface area contributed by atoms with Gasteiger partial charge in [0, 0.05) is 21.1 Å². The Bertz CT molecular complexity index is 626. The summed E-state index contributed by atoms with van der Waals surface area (Å²) >= 11 is 9.15. The van der Waals surface area contributed by atoms with Gasteiger partial charge in [-0.1, -0.05) is 27.5 Å². The number of rotatable bonds is 2. The first-order chi connectivity index (χ1) is 8.95. The molecule has 0 atom stereocenters. The molecule has 0 saturated heterocycles. The average Bonchev–Trinajstić information content (AvgIpc) is 2.31. The molecule has 4 nitrogen and oxygen atoms in total. The second-order valence-corrected chi connectivity index (χ2v) is 5.24. The van der Waals surface area contributed by atoms with Gasteiger partial charge in [0.15, 0.2) is 0 Å². The van der Waals surface area contributed by atoms with Crippen LogP contribution in [0.15, 0.2) is 40.9 Å². The SMILES string of the molecule is Nc1cc(O)ccc1NC(=O)c1cc(Cl)cc(Br)c1. The van der Waals surface area contributed by atoms with Crippen molar-refractivity contribution in [1.82, 2.24) is 0 Å². The fourth-order valence-corrected chi connectivity index (χ4v) is 2.40. The molecule has 0 bridgehead atoms. The maximum atomic E-state index is 12.0. The average molecular weight is 342 g/mol. The second kappa shape index (κ2) is 5.50. The molecule has 0 spiro atoms. The van der Waals surface area contributed by atoms with Crippen LogP contribution in [0.1, 0.15) is 10.4 Å². The van der Waals surface area contributed by atoms with Gasteiger partial charge in [0.25, 0.3) is 5.91 Å². The van der Waals surface area contributed by atoms with Crippen LogP contribution in [-0.2, 0) is 0 Å². The number of nitrogens with one attached hydrogen (secondary N) is 1. The number of phenols is 1. The normalized spacial score (nSPS) is 10.2. The Kier molecular flexibility index (Phi) is 3.97. The Balaban J connectivity index is 2.25. The number of phenolic OH excluding ortho intramolecular Hbond substituents is 1. The molecule has 0 aliphatic heterocycles. The van der Waals surface area contributed by atoms with E-state index in [0.717, 1.165) is 0 Å². The van der Waals surface area contributed by atoms with Gasteiger partial charge in [-0.25, -0.2) is 0 Å². The predicted octanol–water partition coefficient (Wildman–Crippen LogP) is 3.64. The summed E-state index contributed by atoms with van der Waals surface area (Å²) in [6.07, 6.45) is 0. The zero-order valence-corrected chi connectivity index (χ0v) is 12.0. The van der Waals surface area contributed by atoms with Crippen molar-refractivity contribution >= 4 is 44.8 Å². The first-order valence-electron chi connectivity index (χ1n) is 5.31. The van der Waals surface area contributed by atoms with Crippen LogP contribution < -0.4 is 11.1 Å². The van der Waals surface area contributed by atoms with E-state index in [1.54, 1.807) is 18.2 Å². The van der Waals surface area contributed by atoms with Gasteiger partial charge in [0.1, 0.15) is 5.75 Å². The number of benzene rings is 2. The second-order valence-electron chi connectivity index (χ2n) is 3.88. The molecule has 0 unspecified atom stereocenters. The molecule has 6 heteroatoms. The predicted molar refractivity (Wildman–Crippen MR) is 79.6 cm³/mol. The molecule has 2 aromatic carbocycles. The molecular formula is C13H10BrClN2O2. The van der Waals surface area contributed by atoms with Crippen molar-refractivity contribution in [2.24, 2.45) is 0 Å². The highest BCUT2D eigenvalue weighted by atomic mass is 79.9.